The summed E-state index contributed by atoms with van der Waals surface area (Å²) >= 11 is 0. The molecule has 0 saturated heterocycles. The fraction of sp³-hybridized carbons (Fsp3) is 0.130. The van der Waals surface area contributed by atoms with Crippen LogP contribution in [0.2, 0.25) is 0 Å². The van der Waals surface area contributed by atoms with E-state index in [0.29, 0.717) is 17.5 Å². The Morgan fingerprint density at radius 1 is 0.821 bits per heavy atom. The van der Waals surface area contributed by atoms with Crippen molar-refractivity contribution in [2.75, 3.05) is 12.4 Å². The minimum atomic E-state index is -0.375. The number of ketones is 1. The third-order valence-electron chi connectivity index (χ3n) is 4.33. The number of hydrogen-bond donors (Lipinski definition) is 1. The van der Waals surface area contributed by atoms with E-state index in [2.05, 4.69) is 5.32 Å². The van der Waals surface area contributed by atoms with Crippen molar-refractivity contribution in [2.24, 2.45) is 0 Å². The molecule has 0 aromatic heterocycles. The topological polar surface area (TPSA) is 55.4 Å². The van der Waals surface area contributed by atoms with E-state index in [-0.39, 0.29) is 30.2 Å². The van der Waals surface area contributed by atoms with Crippen LogP contribution < -0.4 is 5.32 Å². The van der Waals surface area contributed by atoms with Gasteiger partial charge in [-0.2, -0.15) is 0 Å². The van der Waals surface area contributed by atoms with Gasteiger partial charge < -0.3 is 10.1 Å². The molecule has 3 rings (SSSR count). The van der Waals surface area contributed by atoms with Gasteiger partial charge in [0.15, 0.2) is 5.78 Å². The summed E-state index contributed by atoms with van der Waals surface area (Å²) in [6, 6.07) is 26.0. The zero-order valence-electron chi connectivity index (χ0n) is 15.5. The number of anilines is 1. The van der Waals surface area contributed by atoms with E-state index >= 15 is 0 Å². The van der Waals surface area contributed by atoms with Crippen LogP contribution in [0.3, 0.4) is 0 Å². The van der Waals surface area contributed by atoms with Crippen molar-refractivity contribution in [1.29, 1.82) is 0 Å². The first-order valence-electron chi connectivity index (χ1n) is 8.75. The highest BCUT2D eigenvalue weighted by molar-refractivity contribution is 5.96. The molecule has 0 aliphatic heterocycles. The minimum absolute atomic E-state index is 0. The first-order chi connectivity index (χ1) is 13.2. The number of Topliss-reactive ketones (excluding diaryl/α,β-unsaturated/α-hetero) is 1. The number of benzene rings is 3. The summed E-state index contributed by atoms with van der Waals surface area (Å²) in [6.45, 7) is 0. The molecular formula is C23H22ClNO3. The maximum Gasteiger partial charge on any atom is 0.337 e. The second-order valence-electron chi connectivity index (χ2n) is 6.17. The molecule has 0 aliphatic carbocycles. The van der Waals surface area contributed by atoms with Gasteiger partial charge in [0.05, 0.1) is 18.7 Å². The molecule has 0 bridgehead atoms. The van der Waals surface area contributed by atoms with E-state index in [1.807, 2.05) is 72.8 Å². The van der Waals surface area contributed by atoms with Gasteiger partial charge in [-0.15, -0.1) is 12.4 Å². The van der Waals surface area contributed by atoms with Crippen LogP contribution >= 0.6 is 12.4 Å². The van der Waals surface area contributed by atoms with Crippen LogP contribution in [0.1, 0.15) is 38.7 Å². The maximum atomic E-state index is 12.7. The van der Waals surface area contributed by atoms with Crippen LogP contribution in [0.4, 0.5) is 5.69 Å². The number of halogens is 1. The molecule has 0 heterocycles. The summed E-state index contributed by atoms with van der Waals surface area (Å²) in [5.74, 6) is -0.302. The average Bonchev–Trinajstić information content (AvgIpc) is 2.74. The first-order valence-corrected chi connectivity index (χ1v) is 8.75. The van der Waals surface area contributed by atoms with E-state index < -0.39 is 0 Å². The summed E-state index contributed by atoms with van der Waals surface area (Å²) in [5.41, 5.74) is 3.04. The Kier molecular flexibility index (Phi) is 7.78. The second-order valence-corrected chi connectivity index (χ2v) is 6.17. The SMILES string of the molecule is COC(=O)c1ccc(NC(CC(=O)c2ccccc2)c2ccccc2)cc1.Cl. The Morgan fingerprint density at radius 3 is 1.96 bits per heavy atom. The van der Waals surface area contributed by atoms with Gasteiger partial charge in [0.1, 0.15) is 0 Å². The van der Waals surface area contributed by atoms with Gasteiger partial charge in [-0.1, -0.05) is 60.7 Å². The lowest BCUT2D eigenvalue weighted by atomic mass is 9.97. The number of hydrogen-bond acceptors (Lipinski definition) is 4. The minimum Gasteiger partial charge on any atom is -0.465 e. The quantitative estimate of drug-likeness (QED) is 0.434. The van der Waals surface area contributed by atoms with E-state index in [4.69, 9.17) is 4.74 Å². The van der Waals surface area contributed by atoms with E-state index in [9.17, 15) is 9.59 Å². The molecule has 0 aliphatic rings. The van der Waals surface area contributed by atoms with Crippen molar-refractivity contribution in [2.45, 2.75) is 12.5 Å². The molecular weight excluding hydrogens is 374 g/mol. The zero-order valence-corrected chi connectivity index (χ0v) is 16.3. The Morgan fingerprint density at radius 2 is 1.39 bits per heavy atom. The van der Waals surface area contributed by atoms with Gasteiger partial charge in [0.25, 0.3) is 0 Å². The summed E-state index contributed by atoms with van der Waals surface area (Å²) in [5, 5.41) is 3.41. The lowest BCUT2D eigenvalue weighted by molar-refractivity contribution is 0.0600. The Hall–Kier alpha value is -3.11. The molecule has 0 saturated carbocycles. The summed E-state index contributed by atoms with van der Waals surface area (Å²) in [7, 11) is 1.36. The predicted octanol–water partition coefficient (Wildman–Crippen LogP) is 5.32. The van der Waals surface area contributed by atoms with Gasteiger partial charge in [-0.25, -0.2) is 4.79 Å². The molecule has 0 radical (unpaired) electrons. The highest BCUT2D eigenvalue weighted by Crippen LogP contribution is 2.25. The van der Waals surface area contributed by atoms with E-state index in [0.717, 1.165) is 11.3 Å². The number of esters is 1. The number of methoxy groups -OCH3 is 1. The molecule has 1 unspecified atom stereocenters. The molecule has 0 spiro atoms. The van der Waals surface area contributed by atoms with Crippen LogP contribution in [-0.2, 0) is 4.74 Å². The molecule has 4 nitrogen and oxygen atoms in total. The molecule has 144 valence electrons. The van der Waals surface area contributed by atoms with Crippen LogP contribution in [0, 0.1) is 0 Å². The lowest BCUT2D eigenvalue weighted by Crippen LogP contribution is -2.16. The zero-order chi connectivity index (χ0) is 19.1. The van der Waals surface area contributed by atoms with Crippen molar-refractivity contribution in [3.8, 4) is 0 Å². The molecule has 1 N–H and O–H groups in total. The molecule has 1 atom stereocenters. The Balaban J connectivity index is 0.00000280. The van der Waals surface area contributed by atoms with Gasteiger partial charge in [-0.3, -0.25) is 4.79 Å². The van der Waals surface area contributed by atoms with E-state index in [1.54, 1.807) is 12.1 Å². The number of rotatable bonds is 7. The van der Waals surface area contributed by atoms with Crippen LogP contribution in [0.25, 0.3) is 0 Å². The van der Waals surface area contributed by atoms with Crippen LogP contribution in [-0.4, -0.2) is 18.9 Å². The van der Waals surface area contributed by atoms with Gasteiger partial charge >= 0.3 is 5.97 Å². The van der Waals surface area contributed by atoms with Crippen molar-refractivity contribution in [3.05, 3.63) is 102 Å². The third kappa shape index (κ3) is 5.44. The molecule has 3 aromatic carbocycles. The van der Waals surface area contributed by atoms with Crippen molar-refractivity contribution >= 4 is 29.8 Å². The predicted molar refractivity (Wildman–Crippen MR) is 113 cm³/mol. The Bertz CT molecular complexity index is 896. The summed E-state index contributed by atoms with van der Waals surface area (Å²) in [6.07, 6.45) is 0.326. The number of carbonyl (C=O) groups excluding carboxylic acids is 2. The fourth-order valence-electron chi connectivity index (χ4n) is 2.89. The van der Waals surface area contributed by atoms with Crippen molar-refractivity contribution < 1.29 is 14.3 Å². The highest BCUT2D eigenvalue weighted by atomic mass is 35.5. The normalized spacial score (nSPS) is 11.0. The fourth-order valence-corrected chi connectivity index (χ4v) is 2.89. The largest absolute Gasteiger partial charge is 0.465 e. The molecule has 3 aromatic rings. The van der Waals surface area contributed by atoms with Crippen LogP contribution in [0.5, 0.6) is 0 Å². The number of carbonyl (C=O) groups is 2. The van der Waals surface area contributed by atoms with Crippen LogP contribution in [0.15, 0.2) is 84.9 Å². The Labute approximate surface area is 171 Å². The van der Waals surface area contributed by atoms with Gasteiger partial charge in [0.2, 0.25) is 0 Å². The summed E-state index contributed by atoms with van der Waals surface area (Å²) in [4.78, 5) is 24.3. The monoisotopic (exact) mass is 395 g/mol. The maximum absolute atomic E-state index is 12.7. The van der Waals surface area contributed by atoms with Gasteiger partial charge in [-0.05, 0) is 29.8 Å². The van der Waals surface area contributed by atoms with E-state index in [1.165, 1.54) is 7.11 Å². The number of ether oxygens (including phenoxy) is 1. The smallest absolute Gasteiger partial charge is 0.337 e. The van der Waals surface area contributed by atoms with Crippen molar-refractivity contribution in [3.63, 3.8) is 0 Å². The summed E-state index contributed by atoms with van der Waals surface area (Å²) < 4.78 is 4.72. The first kappa shape index (κ1) is 21.2. The lowest BCUT2D eigenvalue weighted by Gasteiger charge is -2.20. The molecule has 0 amide bonds. The number of nitrogens with one attached hydrogen (secondary N) is 1. The average molecular weight is 396 g/mol. The standard InChI is InChI=1S/C23H21NO3.ClH/c1-27-23(26)19-12-14-20(15-13-19)24-21(17-8-4-2-5-9-17)16-22(25)18-10-6-3-7-11-18;/h2-15,21,24H,16H2,1H3;1H. The molecule has 0 fully saturated rings. The van der Waals surface area contributed by atoms with Crippen molar-refractivity contribution in [1.82, 2.24) is 0 Å². The second kappa shape index (κ2) is 10.3. The molecule has 28 heavy (non-hydrogen) atoms. The third-order valence-corrected chi connectivity index (χ3v) is 4.33. The molecule has 5 heteroatoms. The van der Waals surface area contributed by atoms with Gasteiger partial charge in [0, 0.05) is 17.7 Å². The highest BCUT2D eigenvalue weighted by Gasteiger charge is 2.17.